The first-order valence-electron chi connectivity index (χ1n) is 2.88. The number of rotatable bonds is 3. The van der Waals surface area contributed by atoms with Gasteiger partial charge in [0.25, 0.3) is 6.43 Å². The van der Waals surface area contributed by atoms with Crippen molar-refractivity contribution in [1.82, 2.24) is 9.97 Å². The van der Waals surface area contributed by atoms with Gasteiger partial charge < -0.3 is 4.74 Å². The Morgan fingerprint density at radius 3 is 3.00 bits per heavy atom. The minimum absolute atomic E-state index is 0.0871. The Morgan fingerprint density at radius 1 is 1.64 bits per heavy atom. The van der Waals surface area contributed by atoms with Gasteiger partial charge in [-0.25, -0.2) is 18.7 Å². The van der Waals surface area contributed by atoms with Crippen molar-refractivity contribution >= 4 is 0 Å². The molecule has 0 aliphatic carbocycles. The molecule has 0 saturated carbocycles. The molecule has 1 radical (unpaired) electrons. The molecule has 0 amide bonds. The summed E-state index contributed by atoms with van der Waals surface area (Å²) in [4.78, 5) is 7.08. The fourth-order valence-electron chi connectivity index (χ4n) is 0.475. The fourth-order valence-corrected chi connectivity index (χ4v) is 0.475. The molecule has 1 rings (SSSR count). The van der Waals surface area contributed by atoms with Gasteiger partial charge in [-0.2, -0.15) is 0 Å². The van der Waals surface area contributed by atoms with E-state index in [0.717, 1.165) is 0 Å². The second-order valence-corrected chi connectivity index (χ2v) is 1.69. The molecule has 0 fully saturated rings. The Labute approximate surface area is 62.0 Å². The van der Waals surface area contributed by atoms with Gasteiger partial charge in [0.1, 0.15) is 6.20 Å². The van der Waals surface area contributed by atoms with E-state index in [1.807, 2.05) is 0 Å². The van der Waals surface area contributed by atoms with Crippen LogP contribution in [0.5, 0.6) is 5.88 Å². The Morgan fingerprint density at radius 2 is 2.45 bits per heavy atom. The summed E-state index contributed by atoms with van der Waals surface area (Å²) in [7, 11) is 0. The van der Waals surface area contributed by atoms with Crippen molar-refractivity contribution in [1.29, 1.82) is 0 Å². The molecule has 11 heavy (non-hydrogen) atoms. The third-order valence-corrected chi connectivity index (χ3v) is 0.856. The Bertz CT molecular complexity index is 205. The van der Waals surface area contributed by atoms with E-state index in [4.69, 9.17) is 0 Å². The summed E-state index contributed by atoms with van der Waals surface area (Å²) in [5.41, 5.74) is 0. The quantitative estimate of drug-likeness (QED) is 0.657. The van der Waals surface area contributed by atoms with E-state index in [2.05, 4.69) is 20.9 Å². The molecule has 3 nitrogen and oxygen atoms in total. The number of alkyl halides is 2. The molecule has 0 spiro atoms. The van der Waals surface area contributed by atoms with Crippen molar-refractivity contribution in [3.05, 3.63) is 18.6 Å². The summed E-state index contributed by atoms with van der Waals surface area (Å²) in [6.45, 7) is -0.654. The highest BCUT2D eigenvalue weighted by atomic mass is 19.3. The van der Waals surface area contributed by atoms with Gasteiger partial charge in [-0.05, 0) is 0 Å². The standard InChI is InChI=1S/C6H5F2N2O/c7-5(8)4-11-6-3-9-1-2-10-6/h2-3,5H,4H2. The maximum Gasteiger partial charge on any atom is 0.272 e. The molecule has 1 heterocycles. The summed E-state index contributed by atoms with van der Waals surface area (Å²) in [6, 6.07) is 0. The molecule has 1 aromatic heterocycles. The van der Waals surface area contributed by atoms with Crippen LogP contribution in [0.15, 0.2) is 12.4 Å². The van der Waals surface area contributed by atoms with E-state index in [-0.39, 0.29) is 5.88 Å². The van der Waals surface area contributed by atoms with Crippen LogP contribution in [0, 0.1) is 6.20 Å². The van der Waals surface area contributed by atoms with Crippen LogP contribution in [0.4, 0.5) is 8.78 Å². The second kappa shape index (κ2) is 3.80. The molecule has 1 aromatic rings. The highest BCUT2D eigenvalue weighted by Crippen LogP contribution is 2.02. The van der Waals surface area contributed by atoms with Crippen molar-refractivity contribution in [2.75, 3.05) is 6.61 Å². The molecule has 0 unspecified atom stereocenters. The summed E-state index contributed by atoms with van der Waals surface area (Å²) in [5.74, 6) is 0.0871. The van der Waals surface area contributed by atoms with Gasteiger partial charge in [0.15, 0.2) is 6.61 Å². The van der Waals surface area contributed by atoms with Gasteiger partial charge in [-0.1, -0.05) is 0 Å². The van der Waals surface area contributed by atoms with Crippen LogP contribution in [-0.2, 0) is 0 Å². The number of hydrogen-bond donors (Lipinski definition) is 0. The largest absolute Gasteiger partial charge is 0.470 e. The van der Waals surface area contributed by atoms with Crippen molar-refractivity contribution in [3.8, 4) is 5.88 Å². The average molecular weight is 159 g/mol. The van der Waals surface area contributed by atoms with Crippen molar-refractivity contribution in [3.63, 3.8) is 0 Å². The van der Waals surface area contributed by atoms with E-state index >= 15 is 0 Å². The molecule has 5 heteroatoms. The van der Waals surface area contributed by atoms with Crippen LogP contribution in [0.3, 0.4) is 0 Å². The lowest BCUT2D eigenvalue weighted by molar-refractivity contribution is 0.0794. The number of ether oxygens (including phenoxy) is 1. The summed E-state index contributed by atoms with van der Waals surface area (Å²) in [6.07, 6.45) is 2.38. The monoisotopic (exact) mass is 159 g/mol. The lowest BCUT2D eigenvalue weighted by Gasteiger charge is -2.01. The van der Waals surface area contributed by atoms with Crippen LogP contribution in [0.2, 0.25) is 0 Å². The molecule has 0 bridgehead atoms. The topological polar surface area (TPSA) is 35.0 Å². The predicted octanol–water partition coefficient (Wildman–Crippen LogP) is 0.921. The first kappa shape index (κ1) is 7.84. The number of aromatic nitrogens is 2. The van der Waals surface area contributed by atoms with Crippen LogP contribution < -0.4 is 4.74 Å². The minimum atomic E-state index is -2.49. The molecule has 0 atom stereocenters. The van der Waals surface area contributed by atoms with E-state index in [1.54, 1.807) is 0 Å². The highest BCUT2D eigenvalue weighted by Gasteiger charge is 2.03. The third kappa shape index (κ3) is 2.88. The lowest BCUT2D eigenvalue weighted by atomic mass is 10.7. The summed E-state index contributed by atoms with van der Waals surface area (Å²) >= 11 is 0. The minimum Gasteiger partial charge on any atom is -0.470 e. The molecule has 0 aromatic carbocycles. The van der Waals surface area contributed by atoms with Gasteiger partial charge in [0, 0.05) is 0 Å². The maximum atomic E-state index is 11.5. The Kier molecular flexibility index (Phi) is 2.71. The zero-order valence-electron chi connectivity index (χ0n) is 5.50. The molecule has 0 aliphatic heterocycles. The first-order valence-corrected chi connectivity index (χ1v) is 2.88. The zero-order valence-corrected chi connectivity index (χ0v) is 5.50. The van der Waals surface area contributed by atoms with Crippen molar-refractivity contribution in [2.45, 2.75) is 6.43 Å². The number of hydrogen-bond acceptors (Lipinski definition) is 3. The van der Waals surface area contributed by atoms with Gasteiger partial charge >= 0.3 is 0 Å². The molecule has 0 N–H and O–H groups in total. The molecular weight excluding hydrogens is 154 g/mol. The van der Waals surface area contributed by atoms with Crippen LogP contribution in [-0.4, -0.2) is 23.0 Å². The van der Waals surface area contributed by atoms with Gasteiger partial charge in [-0.3, -0.25) is 0 Å². The van der Waals surface area contributed by atoms with E-state index < -0.39 is 13.0 Å². The lowest BCUT2D eigenvalue weighted by Crippen LogP contribution is -2.07. The molecule has 0 aliphatic rings. The fraction of sp³-hybridized carbons (Fsp3) is 0.333. The molecule has 0 saturated heterocycles. The highest BCUT2D eigenvalue weighted by molar-refractivity contribution is 5.00. The predicted molar refractivity (Wildman–Crippen MR) is 32.4 cm³/mol. The summed E-state index contributed by atoms with van der Waals surface area (Å²) in [5, 5.41) is 0. The van der Waals surface area contributed by atoms with Gasteiger partial charge in [0.05, 0.1) is 12.4 Å². The normalized spacial score (nSPS) is 10.1. The van der Waals surface area contributed by atoms with E-state index in [9.17, 15) is 8.78 Å². The second-order valence-electron chi connectivity index (χ2n) is 1.69. The van der Waals surface area contributed by atoms with E-state index in [1.165, 1.54) is 12.4 Å². The smallest absolute Gasteiger partial charge is 0.272 e. The first-order chi connectivity index (χ1) is 5.29. The van der Waals surface area contributed by atoms with Crippen LogP contribution >= 0.6 is 0 Å². The number of halogens is 2. The molecular formula is C6H5F2N2O. The van der Waals surface area contributed by atoms with Gasteiger partial charge in [-0.15, -0.1) is 0 Å². The van der Waals surface area contributed by atoms with Crippen molar-refractivity contribution in [2.24, 2.45) is 0 Å². The Balaban J connectivity index is 2.39. The Hall–Kier alpha value is -1.26. The average Bonchev–Trinajstić information content (AvgIpc) is 2.03. The van der Waals surface area contributed by atoms with Crippen molar-refractivity contribution < 1.29 is 13.5 Å². The van der Waals surface area contributed by atoms with Crippen LogP contribution in [0.25, 0.3) is 0 Å². The SMILES string of the molecule is FC(F)COc1cn[c]cn1. The number of nitrogens with zero attached hydrogens (tertiary/aromatic N) is 2. The zero-order chi connectivity index (χ0) is 8.10. The van der Waals surface area contributed by atoms with E-state index in [0.29, 0.717) is 0 Å². The molecule has 59 valence electrons. The maximum absolute atomic E-state index is 11.5. The summed E-state index contributed by atoms with van der Waals surface area (Å²) < 4.78 is 27.6. The van der Waals surface area contributed by atoms with Gasteiger partial charge in [0.2, 0.25) is 5.88 Å². The third-order valence-electron chi connectivity index (χ3n) is 0.856. The van der Waals surface area contributed by atoms with Crippen LogP contribution in [0.1, 0.15) is 0 Å².